The summed E-state index contributed by atoms with van der Waals surface area (Å²) >= 11 is 1.49. The Bertz CT molecular complexity index is 593. The molecule has 0 fully saturated rings. The first-order valence-corrected chi connectivity index (χ1v) is 8.37. The Balaban J connectivity index is 1.86. The highest BCUT2D eigenvalue weighted by molar-refractivity contribution is 7.99. The van der Waals surface area contributed by atoms with E-state index in [0.29, 0.717) is 11.8 Å². The van der Waals surface area contributed by atoms with Crippen molar-refractivity contribution in [2.24, 2.45) is 0 Å². The Morgan fingerprint density at radius 3 is 2.59 bits per heavy atom. The number of thioether (sulfide) groups is 1. The van der Waals surface area contributed by atoms with Crippen LogP contribution in [0.15, 0.2) is 29.7 Å². The van der Waals surface area contributed by atoms with E-state index >= 15 is 0 Å². The molecule has 22 heavy (non-hydrogen) atoms. The summed E-state index contributed by atoms with van der Waals surface area (Å²) in [6, 6.07) is 6.33. The standard InChI is InChI=1S/C16H23N3O2S/c1-11(2)19-10-17-18-16(19)22-9-14(20)8-21-15-12(3)6-5-7-13(15)4/h5-7,10-11,14,20H,8-9H2,1-4H3. The molecule has 2 aromatic rings. The quantitative estimate of drug-likeness (QED) is 0.794. The van der Waals surface area contributed by atoms with Crippen LogP contribution in [0.4, 0.5) is 0 Å². The Hall–Kier alpha value is -1.53. The van der Waals surface area contributed by atoms with Crippen LogP contribution in [0, 0.1) is 13.8 Å². The molecule has 0 saturated carbocycles. The Kier molecular flexibility index (Phi) is 5.85. The minimum absolute atomic E-state index is 0.272. The first-order chi connectivity index (χ1) is 10.5. The van der Waals surface area contributed by atoms with Gasteiger partial charge in [0.1, 0.15) is 18.7 Å². The average Bonchev–Trinajstić information content (AvgIpc) is 2.93. The number of nitrogens with zero attached hydrogens (tertiary/aromatic N) is 3. The zero-order valence-corrected chi connectivity index (χ0v) is 14.3. The molecule has 5 nitrogen and oxygen atoms in total. The van der Waals surface area contributed by atoms with Gasteiger partial charge in [-0.3, -0.25) is 0 Å². The van der Waals surface area contributed by atoms with Crippen molar-refractivity contribution in [3.05, 3.63) is 35.7 Å². The van der Waals surface area contributed by atoms with Crippen molar-refractivity contribution in [2.75, 3.05) is 12.4 Å². The maximum absolute atomic E-state index is 10.1. The summed E-state index contributed by atoms with van der Waals surface area (Å²) in [7, 11) is 0. The monoisotopic (exact) mass is 321 g/mol. The Labute approximate surface area is 135 Å². The van der Waals surface area contributed by atoms with Crippen LogP contribution in [0.3, 0.4) is 0 Å². The van der Waals surface area contributed by atoms with Crippen molar-refractivity contribution < 1.29 is 9.84 Å². The topological polar surface area (TPSA) is 60.2 Å². The second kappa shape index (κ2) is 7.65. The number of aliphatic hydroxyl groups is 1. The van der Waals surface area contributed by atoms with Gasteiger partial charge in [-0.2, -0.15) is 0 Å². The van der Waals surface area contributed by atoms with E-state index in [2.05, 4.69) is 24.0 Å². The fourth-order valence-electron chi connectivity index (χ4n) is 2.11. The van der Waals surface area contributed by atoms with E-state index in [0.717, 1.165) is 22.0 Å². The molecule has 0 radical (unpaired) electrons. The number of benzene rings is 1. The van der Waals surface area contributed by atoms with Gasteiger partial charge in [-0.1, -0.05) is 30.0 Å². The van der Waals surface area contributed by atoms with E-state index in [1.807, 2.05) is 36.6 Å². The van der Waals surface area contributed by atoms with Gasteiger partial charge in [0.05, 0.1) is 6.10 Å². The van der Waals surface area contributed by atoms with Gasteiger partial charge >= 0.3 is 0 Å². The lowest BCUT2D eigenvalue weighted by atomic mass is 10.1. The average molecular weight is 321 g/mol. The number of aromatic nitrogens is 3. The first-order valence-electron chi connectivity index (χ1n) is 7.38. The minimum atomic E-state index is -0.554. The van der Waals surface area contributed by atoms with Gasteiger partial charge in [0.2, 0.25) is 0 Å². The lowest BCUT2D eigenvalue weighted by Gasteiger charge is -2.16. The molecule has 1 aromatic carbocycles. The van der Waals surface area contributed by atoms with Crippen LogP contribution in [0.2, 0.25) is 0 Å². The summed E-state index contributed by atoms with van der Waals surface area (Å²) in [6.07, 6.45) is 1.16. The van der Waals surface area contributed by atoms with Crippen LogP contribution < -0.4 is 4.74 Å². The van der Waals surface area contributed by atoms with Gasteiger partial charge in [-0.05, 0) is 38.8 Å². The van der Waals surface area contributed by atoms with Crippen LogP contribution >= 0.6 is 11.8 Å². The normalized spacial score (nSPS) is 12.6. The van der Waals surface area contributed by atoms with Gasteiger partial charge in [0.15, 0.2) is 5.16 Å². The smallest absolute Gasteiger partial charge is 0.191 e. The second-order valence-corrected chi connectivity index (χ2v) is 6.60. The van der Waals surface area contributed by atoms with Gasteiger partial charge in [0, 0.05) is 11.8 Å². The molecule has 6 heteroatoms. The third-order valence-electron chi connectivity index (χ3n) is 3.33. The fourth-order valence-corrected chi connectivity index (χ4v) is 3.06. The number of para-hydroxylation sites is 1. The molecule has 0 saturated heterocycles. The van der Waals surface area contributed by atoms with Crippen LogP contribution in [-0.2, 0) is 0 Å². The van der Waals surface area contributed by atoms with Gasteiger partial charge in [-0.15, -0.1) is 10.2 Å². The first kappa shape index (κ1) is 16.8. The molecule has 0 spiro atoms. The van der Waals surface area contributed by atoms with Crippen molar-refractivity contribution >= 4 is 11.8 Å². The number of rotatable bonds is 7. The molecule has 0 aliphatic carbocycles. The van der Waals surface area contributed by atoms with Crippen LogP contribution in [0.1, 0.15) is 31.0 Å². The number of aliphatic hydroxyl groups excluding tert-OH is 1. The molecule has 1 atom stereocenters. The lowest BCUT2D eigenvalue weighted by molar-refractivity contribution is 0.125. The molecule has 0 bridgehead atoms. The molecule has 1 heterocycles. The third kappa shape index (κ3) is 4.24. The summed E-state index contributed by atoms with van der Waals surface area (Å²) in [6.45, 7) is 8.44. The van der Waals surface area contributed by atoms with Crippen molar-refractivity contribution in [3.8, 4) is 5.75 Å². The summed E-state index contributed by atoms with van der Waals surface area (Å²) < 4.78 is 7.76. The fraction of sp³-hybridized carbons (Fsp3) is 0.500. The molecule has 0 aliphatic heterocycles. The van der Waals surface area contributed by atoms with Crippen molar-refractivity contribution in [1.82, 2.24) is 14.8 Å². The van der Waals surface area contributed by atoms with E-state index < -0.39 is 6.10 Å². The van der Waals surface area contributed by atoms with Crippen molar-refractivity contribution in [2.45, 2.75) is 45.0 Å². The van der Waals surface area contributed by atoms with E-state index in [9.17, 15) is 5.11 Å². The summed E-state index contributed by atoms with van der Waals surface area (Å²) in [5, 5.41) is 18.9. The van der Waals surface area contributed by atoms with E-state index in [1.165, 1.54) is 11.8 Å². The molecular formula is C16H23N3O2S. The maximum atomic E-state index is 10.1. The largest absolute Gasteiger partial charge is 0.490 e. The zero-order chi connectivity index (χ0) is 16.1. The van der Waals surface area contributed by atoms with E-state index in [-0.39, 0.29) is 6.61 Å². The highest BCUT2D eigenvalue weighted by atomic mass is 32.2. The predicted molar refractivity (Wildman–Crippen MR) is 88.5 cm³/mol. The highest BCUT2D eigenvalue weighted by Gasteiger charge is 2.13. The second-order valence-electron chi connectivity index (χ2n) is 5.61. The van der Waals surface area contributed by atoms with Crippen LogP contribution in [0.5, 0.6) is 5.75 Å². The van der Waals surface area contributed by atoms with E-state index in [4.69, 9.17) is 4.74 Å². The van der Waals surface area contributed by atoms with E-state index in [1.54, 1.807) is 6.33 Å². The Morgan fingerprint density at radius 2 is 1.95 bits per heavy atom. The number of aryl methyl sites for hydroxylation is 2. The van der Waals surface area contributed by atoms with Gasteiger partial charge in [-0.25, -0.2) is 0 Å². The summed E-state index contributed by atoms with van der Waals surface area (Å²) in [5.74, 6) is 1.38. The third-order valence-corrected chi connectivity index (χ3v) is 4.43. The summed E-state index contributed by atoms with van der Waals surface area (Å²) in [4.78, 5) is 0. The number of hydrogen-bond acceptors (Lipinski definition) is 5. The zero-order valence-electron chi connectivity index (χ0n) is 13.5. The van der Waals surface area contributed by atoms with Crippen molar-refractivity contribution in [1.29, 1.82) is 0 Å². The molecule has 1 aromatic heterocycles. The summed E-state index contributed by atoms with van der Waals surface area (Å²) in [5.41, 5.74) is 2.17. The molecule has 0 amide bonds. The molecule has 1 unspecified atom stereocenters. The number of ether oxygens (including phenoxy) is 1. The lowest BCUT2D eigenvalue weighted by Crippen LogP contribution is -2.21. The highest BCUT2D eigenvalue weighted by Crippen LogP contribution is 2.23. The van der Waals surface area contributed by atoms with Crippen LogP contribution in [-0.4, -0.2) is 38.3 Å². The molecule has 120 valence electrons. The van der Waals surface area contributed by atoms with Crippen molar-refractivity contribution in [3.63, 3.8) is 0 Å². The van der Waals surface area contributed by atoms with Gasteiger partial charge in [0.25, 0.3) is 0 Å². The van der Waals surface area contributed by atoms with Gasteiger partial charge < -0.3 is 14.4 Å². The molecule has 1 N–H and O–H groups in total. The maximum Gasteiger partial charge on any atom is 0.191 e. The Morgan fingerprint density at radius 1 is 1.27 bits per heavy atom. The minimum Gasteiger partial charge on any atom is -0.490 e. The van der Waals surface area contributed by atoms with Crippen LogP contribution in [0.25, 0.3) is 0 Å². The SMILES string of the molecule is Cc1cccc(C)c1OCC(O)CSc1nncn1C(C)C. The predicted octanol–water partition coefficient (Wildman–Crippen LogP) is 3.01. The molecule has 2 rings (SSSR count). The molecule has 0 aliphatic rings. The number of hydrogen-bond donors (Lipinski definition) is 1. The molecular weight excluding hydrogens is 298 g/mol.